The summed E-state index contributed by atoms with van der Waals surface area (Å²) in [5, 5.41) is 0. The predicted molar refractivity (Wildman–Crippen MR) is 59.0 cm³/mol. The number of halogens is 1. The second-order valence-electron chi connectivity index (χ2n) is 4.95. The third-order valence-corrected chi connectivity index (χ3v) is 2.13. The van der Waals surface area contributed by atoms with Crippen LogP contribution in [-0.2, 0) is 6.54 Å². The summed E-state index contributed by atoms with van der Waals surface area (Å²) >= 11 is 0. The van der Waals surface area contributed by atoms with Gasteiger partial charge in [0.15, 0.2) is 18.9 Å². The molecule has 1 aromatic heterocycles. The first-order valence-corrected chi connectivity index (χ1v) is 5.08. The Morgan fingerprint density at radius 3 is 2.07 bits per heavy atom. The van der Waals surface area contributed by atoms with Gasteiger partial charge in [-0.1, -0.05) is 19.9 Å². The molecule has 0 N–H and O–H groups in total. The van der Waals surface area contributed by atoms with Gasteiger partial charge in [-0.25, -0.2) is 4.57 Å². The van der Waals surface area contributed by atoms with E-state index in [1.807, 2.05) is 0 Å². The smallest absolute Gasteiger partial charge is 0.168 e. The molecule has 15 heavy (non-hydrogen) atoms. The lowest BCUT2D eigenvalue weighted by Gasteiger charge is -2.24. The third kappa shape index (κ3) is 5.75. The van der Waals surface area contributed by atoms with Crippen LogP contribution in [0.5, 0.6) is 0 Å². The first-order valence-electron chi connectivity index (χ1n) is 5.08. The van der Waals surface area contributed by atoms with Crippen molar-refractivity contribution in [3.05, 3.63) is 30.6 Å². The SMILES string of the molecule is CN(C)CC(C)(C)C[n+]1ccccc1.[Cl-]. The number of hydrogen-bond donors (Lipinski definition) is 0. The maximum Gasteiger partial charge on any atom is 0.168 e. The zero-order chi connectivity index (χ0) is 10.6. The molecule has 1 heterocycles. The van der Waals surface area contributed by atoms with Crippen LogP contribution in [0.1, 0.15) is 13.8 Å². The highest BCUT2D eigenvalue weighted by Crippen LogP contribution is 2.15. The minimum absolute atomic E-state index is 0. The Kier molecular flexibility index (Phi) is 5.84. The van der Waals surface area contributed by atoms with Crippen LogP contribution in [0.15, 0.2) is 30.6 Å². The largest absolute Gasteiger partial charge is 1.00 e. The fourth-order valence-corrected chi connectivity index (χ4v) is 1.94. The van der Waals surface area contributed by atoms with Gasteiger partial charge in [-0.15, -0.1) is 0 Å². The summed E-state index contributed by atoms with van der Waals surface area (Å²) in [6.07, 6.45) is 4.24. The summed E-state index contributed by atoms with van der Waals surface area (Å²) in [4.78, 5) is 2.24. The molecule has 0 aliphatic rings. The van der Waals surface area contributed by atoms with Crippen molar-refractivity contribution in [1.29, 1.82) is 0 Å². The van der Waals surface area contributed by atoms with Gasteiger partial charge in [0.25, 0.3) is 0 Å². The molecule has 2 nitrogen and oxygen atoms in total. The van der Waals surface area contributed by atoms with Crippen LogP contribution < -0.4 is 17.0 Å². The van der Waals surface area contributed by atoms with E-state index in [2.05, 4.69) is 68.0 Å². The first-order chi connectivity index (χ1) is 6.49. The van der Waals surface area contributed by atoms with E-state index >= 15 is 0 Å². The standard InChI is InChI=1S/C12H21N2.ClH/c1-12(2,10-13(3)4)11-14-8-6-5-7-9-14;/h5-9H,10-11H2,1-4H3;1H/q+1;/p-1. The highest BCUT2D eigenvalue weighted by molar-refractivity contribution is 4.84. The molecule has 3 heteroatoms. The van der Waals surface area contributed by atoms with E-state index in [0.717, 1.165) is 13.1 Å². The number of aromatic nitrogens is 1. The Morgan fingerprint density at radius 1 is 1.07 bits per heavy atom. The molecule has 0 bridgehead atoms. The van der Waals surface area contributed by atoms with Gasteiger partial charge >= 0.3 is 0 Å². The lowest BCUT2D eigenvalue weighted by atomic mass is 9.93. The minimum atomic E-state index is 0. The Hall–Kier alpha value is -0.600. The molecule has 0 aliphatic carbocycles. The van der Waals surface area contributed by atoms with Gasteiger partial charge in [-0.2, -0.15) is 0 Å². The molecule has 0 unspecified atom stereocenters. The van der Waals surface area contributed by atoms with E-state index in [-0.39, 0.29) is 12.4 Å². The molecular formula is C12H21ClN2. The van der Waals surface area contributed by atoms with Gasteiger partial charge in [0.2, 0.25) is 0 Å². The normalized spacial score (nSPS) is 11.3. The Bertz CT molecular complexity index is 270. The zero-order valence-electron chi connectivity index (χ0n) is 10.1. The molecule has 0 radical (unpaired) electrons. The molecule has 0 saturated carbocycles. The third-order valence-electron chi connectivity index (χ3n) is 2.13. The topological polar surface area (TPSA) is 7.12 Å². The zero-order valence-corrected chi connectivity index (χ0v) is 10.8. The van der Waals surface area contributed by atoms with Crippen LogP contribution in [0.2, 0.25) is 0 Å². The molecule has 0 spiro atoms. The lowest BCUT2D eigenvalue weighted by Crippen LogP contribution is -3.00. The average Bonchev–Trinajstić information content (AvgIpc) is 2.02. The summed E-state index contributed by atoms with van der Waals surface area (Å²) in [5.74, 6) is 0. The van der Waals surface area contributed by atoms with Crippen molar-refractivity contribution in [2.45, 2.75) is 20.4 Å². The lowest BCUT2D eigenvalue weighted by molar-refractivity contribution is -0.708. The van der Waals surface area contributed by atoms with E-state index in [0.29, 0.717) is 5.41 Å². The van der Waals surface area contributed by atoms with Gasteiger partial charge in [0.05, 0.1) is 0 Å². The first kappa shape index (κ1) is 14.4. The van der Waals surface area contributed by atoms with Crippen molar-refractivity contribution >= 4 is 0 Å². The fraction of sp³-hybridized carbons (Fsp3) is 0.583. The number of pyridine rings is 1. The second kappa shape index (κ2) is 6.09. The van der Waals surface area contributed by atoms with Crippen LogP contribution in [-0.4, -0.2) is 25.5 Å². The van der Waals surface area contributed by atoms with Crippen molar-refractivity contribution in [3.63, 3.8) is 0 Å². The monoisotopic (exact) mass is 228 g/mol. The number of rotatable bonds is 4. The van der Waals surface area contributed by atoms with Crippen molar-refractivity contribution < 1.29 is 17.0 Å². The molecule has 1 aromatic rings. The number of hydrogen-bond acceptors (Lipinski definition) is 1. The van der Waals surface area contributed by atoms with Crippen LogP contribution in [0.25, 0.3) is 0 Å². The molecule has 0 aliphatic heterocycles. The second-order valence-corrected chi connectivity index (χ2v) is 4.95. The minimum Gasteiger partial charge on any atom is -1.00 e. The van der Waals surface area contributed by atoms with Crippen molar-refractivity contribution in [1.82, 2.24) is 4.90 Å². The molecule has 86 valence electrons. The van der Waals surface area contributed by atoms with E-state index in [9.17, 15) is 0 Å². The van der Waals surface area contributed by atoms with Crippen LogP contribution in [0.4, 0.5) is 0 Å². The van der Waals surface area contributed by atoms with Gasteiger partial charge in [-0.3, -0.25) is 0 Å². The van der Waals surface area contributed by atoms with E-state index in [1.165, 1.54) is 0 Å². The van der Waals surface area contributed by atoms with Crippen molar-refractivity contribution in [3.8, 4) is 0 Å². The average molecular weight is 229 g/mol. The molecule has 0 saturated heterocycles. The highest BCUT2D eigenvalue weighted by atomic mass is 35.5. The summed E-state index contributed by atoms with van der Waals surface area (Å²) in [6, 6.07) is 6.20. The summed E-state index contributed by atoms with van der Waals surface area (Å²) in [5.41, 5.74) is 0.315. The predicted octanol–water partition coefficient (Wildman–Crippen LogP) is -1.43. The Morgan fingerprint density at radius 2 is 1.60 bits per heavy atom. The van der Waals surface area contributed by atoms with Crippen LogP contribution >= 0.6 is 0 Å². The maximum atomic E-state index is 2.30. The molecule has 1 rings (SSSR count). The van der Waals surface area contributed by atoms with Gasteiger partial charge in [0, 0.05) is 24.1 Å². The van der Waals surface area contributed by atoms with Gasteiger partial charge in [-0.05, 0) is 14.1 Å². The van der Waals surface area contributed by atoms with E-state index < -0.39 is 0 Å². The molecule has 0 amide bonds. The Balaban J connectivity index is 0.00000196. The molecule has 0 fully saturated rings. The van der Waals surface area contributed by atoms with Crippen LogP contribution in [0, 0.1) is 5.41 Å². The summed E-state index contributed by atoms with van der Waals surface area (Å²) < 4.78 is 2.24. The highest BCUT2D eigenvalue weighted by Gasteiger charge is 2.23. The van der Waals surface area contributed by atoms with Crippen LogP contribution in [0.3, 0.4) is 0 Å². The molecule has 0 aromatic carbocycles. The van der Waals surface area contributed by atoms with E-state index in [4.69, 9.17) is 0 Å². The summed E-state index contributed by atoms with van der Waals surface area (Å²) in [6.45, 7) is 6.76. The molecule has 0 atom stereocenters. The maximum absolute atomic E-state index is 2.30. The quantitative estimate of drug-likeness (QED) is 0.573. The van der Waals surface area contributed by atoms with E-state index in [1.54, 1.807) is 0 Å². The fourth-order valence-electron chi connectivity index (χ4n) is 1.94. The van der Waals surface area contributed by atoms with Gasteiger partial charge in [0.1, 0.15) is 0 Å². The van der Waals surface area contributed by atoms with Crippen molar-refractivity contribution in [2.75, 3.05) is 20.6 Å². The summed E-state index contributed by atoms with van der Waals surface area (Å²) in [7, 11) is 4.24. The Labute approximate surface area is 99.3 Å². The van der Waals surface area contributed by atoms with Crippen molar-refractivity contribution in [2.24, 2.45) is 5.41 Å². The number of nitrogens with zero attached hydrogens (tertiary/aromatic N) is 2. The van der Waals surface area contributed by atoms with Gasteiger partial charge < -0.3 is 17.3 Å². The molecular weight excluding hydrogens is 208 g/mol.